The van der Waals surface area contributed by atoms with Crippen LogP contribution in [0.1, 0.15) is 30.0 Å². The number of nitrogens with zero attached hydrogens (tertiary/aromatic N) is 1. The van der Waals surface area contributed by atoms with Crippen LogP contribution in [0.15, 0.2) is 18.2 Å². The van der Waals surface area contributed by atoms with Crippen LogP contribution in [0, 0.1) is 13.8 Å². The third-order valence-electron chi connectivity index (χ3n) is 4.12. The summed E-state index contributed by atoms with van der Waals surface area (Å²) in [6.45, 7) is 7.23. The Labute approximate surface area is 104 Å². The van der Waals surface area contributed by atoms with Gasteiger partial charge in [0, 0.05) is 19.0 Å². The first-order chi connectivity index (χ1) is 7.91. The van der Waals surface area contributed by atoms with E-state index in [1.807, 2.05) is 0 Å². The number of aryl methyl sites for hydroxylation is 2. The summed E-state index contributed by atoms with van der Waals surface area (Å²) in [6, 6.07) is 6.83. The van der Waals surface area contributed by atoms with Crippen LogP contribution in [0.3, 0.4) is 0 Å². The molecule has 0 aliphatic carbocycles. The fourth-order valence-electron chi connectivity index (χ4n) is 2.98. The van der Waals surface area contributed by atoms with Crippen LogP contribution in [0.25, 0.3) is 0 Å². The topological polar surface area (TPSA) is 23.5 Å². The molecule has 1 saturated heterocycles. The second-order valence-corrected chi connectivity index (χ2v) is 5.74. The first-order valence-electron chi connectivity index (χ1n) is 6.39. The Morgan fingerprint density at radius 2 is 1.94 bits per heavy atom. The molecule has 0 spiro atoms. The highest BCUT2D eigenvalue weighted by molar-refractivity contribution is 5.35. The van der Waals surface area contributed by atoms with Crippen molar-refractivity contribution in [2.45, 2.75) is 45.3 Å². The molecule has 17 heavy (non-hydrogen) atoms. The van der Waals surface area contributed by atoms with E-state index in [9.17, 15) is 5.11 Å². The third-order valence-corrected chi connectivity index (χ3v) is 4.12. The summed E-state index contributed by atoms with van der Waals surface area (Å²) >= 11 is 0. The molecule has 1 aromatic rings. The lowest BCUT2D eigenvalue weighted by Crippen LogP contribution is -2.34. The van der Waals surface area contributed by atoms with E-state index in [-0.39, 0.29) is 0 Å². The lowest BCUT2D eigenvalue weighted by atomic mass is 9.88. The largest absolute Gasteiger partial charge is 0.388 e. The van der Waals surface area contributed by atoms with Crippen LogP contribution in [-0.2, 0) is 6.42 Å². The summed E-state index contributed by atoms with van der Waals surface area (Å²) in [7, 11) is 2.09. The molecule has 2 rings (SSSR count). The van der Waals surface area contributed by atoms with E-state index < -0.39 is 5.60 Å². The molecular formula is C15H23NO. The summed E-state index contributed by atoms with van der Waals surface area (Å²) < 4.78 is 0. The van der Waals surface area contributed by atoms with Gasteiger partial charge in [0.25, 0.3) is 0 Å². The first kappa shape index (κ1) is 12.6. The Hall–Kier alpha value is -0.860. The number of hydrogen-bond acceptors (Lipinski definition) is 2. The third kappa shape index (κ3) is 2.53. The number of aliphatic hydroxyl groups is 1. The van der Waals surface area contributed by atoms with Crippen molar-refractivity contribution in [1.82, 2.24) is 4.90 Å². The van der Waals surface area contributed by atoms with E-state index >= 15 is 0 Å². The predicted octanol–water partition coefficient (Wildman–Crippen LogP) is 2.30. The lowest BCUT2D eigenvalue weighted by Gasteiger charge is -2.24. The van der Waals surface area contributed by atoms with Crippen molar-refractivity contribution in [3.05, 3.63) is 34.9 Å². The van der Waals surface area contributed by atoms with Gasteiger partial charge in [0.15, 0.2) is 0 Å². The van der Waals surface area contributed by atoms with Crippen LogP contribution in [0.5, 0.6) is 0 Å². The van der Waals surface area contributed by atoms with Crippen molar-refractivity contribution in [3.63, 3.8) is 0 Å². The average Bonchev–Trinajstić information content (AvgIpc) is 2.48. The molecule has 1 aliphatic heterocycles. The highest BCUT2D eigenvalue weighted by Gasteiger charge is 2.39. The van der Waals surface area contributed by atoms with Gasteiger partial charge in [-0.05, 0) is 50.9 Å². The molecule has 0 saturated carbocycles. The number of hydrogen-bond donors (Lipinski definition) is 1. The second kappa shape index (κ2) is 4.43. The van der Waals surface area contributed by atoms with Gasteiger partial charge < -0.3 is 10.0 Å². The SMILES string of the molecule is Cc1cccc(C)c1CC1(O)CC(C)N(C)C1. The Bertz CT molecular complexity index is 383. The molecule has 1 aromatic carbocycles. The maximum absolute atomic E-state index is 10.7. The van der Waals surface area contributed by atoms with Gasteiger partial charge in [-0.25, -0.2) is 0 Å². The molecule has 1 heterocycles. The molecule has 1 aliphatic rings. The smallest absolute Gasteiger partial charge is 0.0829 e. The van der Waals surface area contributed by atoms with Gasteiger partial charge in [-0.15, -0.1) is 0 Å². The summed E-state index contributed by atoms with van der Waals surface area (Å²) in [5, 5.41) is 10.7. The molecule has 2 nitrogen and oxygen atoms in total. The number of rotatable bonds is 2. The van der Waals surface area contributed by atoms with E-state index in [1.54, 1.807) is 0 Å². The molecule has 2 unspecified atom stereocenters. The lowest BCUT2D eigenvalue weighted by molar-refractivity contribution is 0.0517. The number of benzene rings is 1. The molecule has 94 valence electrons. The van der Waals surface area contributed by atoms with Crippen molar-refractivity contribution in [3.8, 4) is 0 Å². The molecular weight excluding hydrogens is 210 g/mol. The summed E-state index contributed by atoms with van der Waals surface area (Å²) in [4.78, 5) is 2.24. The van der Waals surface area contributed by atoms with Gasteiger partial charge in [0.2, 0.25) is 0 Å². The normalized spacial score (nSPS) is 29.8. The zero-order chi connectivity index (χ0) is 12.6. The van der Waals surface area contributed by atoms with Gasteiger partial charge in [-0.1, -0.05) is 18.2 Å². The van der Waals surface area contributed by atoms with Crippen LogP contribution in [0.2, 0.25) is 0 Å². The quantitative estimate of drug-likeness (QED) is 0.847. The van der Waals surface area contributed by atoms with Crippen LogP contribution in [-0.4, -0.2) is 35.2 Å². The zero-order valence-electron chi connectivity index (χ0n) is 11.3. The number of likely N-dealkylation sites (N-methyl/N-ethyl adjacent to an activating group) is 1. The fourth-order valence-corrected chi connectivity index (χ4v) is 2.98. The van der Waals surface area contributed by atoms with Gasteiger partial charge in [-0.3, -0.25) is 0 Å². The highest BCUT2D eigenvalue weighted by atomic mass is 16.3. The predicted molar refractivity (Wildman–Crippen MR) is 71.3 cm³/mol. The average molecular weight is 233 g/mol. The van der Waals surface area contributed by atoms with E-state index in [2.05, 4.69) is 50.9 Å². The summed E-state index contributed by atoms with van der Waals surface area (Å²) in [5.74, 6) is 0. The maximum Gasteiger partial charge on any atom is 0.0829 e. The van der Waals surface area contributed by atoms with Gasteiger partial charge in [-0.2, -0.15) is 0 Å². The minimum absolute atomic E-state index is 0.476. The summed E-state index contributed by atoms with van der Waals surface area (Å²) in [6.07, 6.45) is 1.65. The standard InChI is InChI=1S/C15H23NO/c1-11-6-5-7-12(2)14(11)9-15(17)8-13(3)16(4)10-15/h5-7,13,17H,8-10H2,1-4H3. The Kier molecular flexibility index (Phi) is 3.28. The molecule has 2 atom stereocenters. The zero-order valence-corrected chi connectivity index (χ0v) is 11.3. The molecule has 0 amide bonds. The van der Waals surface area contributed by atoms with E-state index in [0.717, 1.165) is 19.4 Å². The van der Waals surface area contributed by atoms with Crippen LogP contribution >= 0.6 is 0 Å². The Balaban J connectivity index is 2.21. The summed E-state index contributed by atoms with van der Waals surface area (Å²) in [5.41, 5.74) is 3.35. The van der Waals surface area contributed by atoms with Crippen LogP contribution in [0.4, 0.5) is 0 Å². The fraction of sp³-hybridized carbons (Fsp3) is 0.600. The van der Waals surface area contributed by atoms with Crippen molar-refractivity contribution in [1.29, 1.82) is 0 Å². The first-order valence-corrected chi connectivity index (χ1v) is 6.39. The minimum atomic E-state index is -0.551. The van der Waals surface area contributed by atoms with Gasteiger partial charge >= 0.3 is 0 Å². The number of likely N-dealkylation sites (tertiary alicyclic amines) is 1. The van der Waals surface area contributed by atoms with Gasteiger partial charge in [0.05, 0.1) is 5.60 Å². The highest BCUT2D eigenvalue weighted by Crippen LogP contribution is 2.30. The molecule has 0 bridgehead atoms. The molecule has 0 aromatic heterocycles. The van der Waals surface area contributed by atoms with E-state index in [0.29, 0.717) is 6.04 Å². The van der Waals surface area contributed by atoms with E-state index in [4.69, 9.17) is 0 Å². The number of β-amino-alcohol motifs (C(OH)–C–C–N with tert-alkyl or cyclic N) is 1. The molecule has 2 heteroatoms. The maximum atomic E-state index is 10.7. The van der Waals surface area contributed by atoms with Gasteiger partial charge in [0.1, 0.15) is 0 Å². The van der Waals surface area contributed by atoms with Crippen molar-refractivity contribution in [2.75, 3.05) is 13.6 Å². The molecule has 0 radical (unpaired) electrons. The van der Waals surface area contributed by atoms with E-state index in [1.165, 1.54) is 16.7 Å². The van der Waals surface area contributed by atoms with Crippen molar-refractivity contribution >= 4 is 0 Å². The van der Waals surface area contributed by atoms with Crippen LogP contribution < -0.4 is 0 Å². The molecule has 1 fully saturated rings. The monoisotopic (exact) mass is 233 g/mol. The van der Waals surface area contributed by atoms with Crippen molar-refractivity contribution < 1.29 is 5.11 Å². The Morgan fingerprint density at radius 3 is 2.41 bits per heavy atom. The minimum Gasteiger partial charge on any atom is -0.388 e. The second-order valence-electron chi connectivity index (χ2n) is 5.74. The molecule has 1 N–H and O–H groups in total. The Morgan fingerprint density at radius 1 is 1.35 bits per heavy atom. The van der Waals surface area contributed by atoms with Crippen molar-refractivity contribution in [2.24, 2.45) is 0 Å².